The number of alkyl halides is 2. The molecule has 2 unspecified atom stereocenters. The SMILES string of the molecule is CCC(OC(F)F)C(NC(=O)OC)C(=O)O. The number of amides is 1. The highest BCUT2D eigenvalue weighted by Crippen LogP contribution is 2.10. The van der Waals surface area contributed by atoms with Crippen molar-refractivity contribution in [3.63, 3.8) is 0 Å². The van der Waals surface area contributed by atoms with Crippen LogP contribution in [0.25, 0.3) is 0 Å². The zero-order valence-electron chi connectivity index (χ0n) is 8.78. The Hall–Kier alpha value is -1.44. The van der Waals surface area contributed by atoms with Gasteiger partial charge in [-0.3, -0.25) is 0 Å². The maximum Gasteiger partial charge on any atom is 0.407 e. The lowest BCUT2D eigenvalue weighted by Gasteiger charge is -2.22. The van der Waals surface area contributed by atoms with Crippen molar-refractivity contribution in [3.8, 4) is 0 Å². The van der Waals surface area contributed by atoms with Crippen LogP contribution in [0.1, 0.15) is 13.3 Å². The van der Waals surface area contributed by atoms with Crippen LogP contribution in [0, 0.1) is 0 Å². The maximum absolute atomic E-state index is 12.0. The Bertz CT molecular complexity index is 249. The van der Waals surface area contributed by atoms with Crippen molar-refractivity contribution in [2.24, 2.45) is 0 Å². The molecule has 0 aliphatic carbocycles. The Morgan fingerprint density at radius 3 is 2.31 bits per heavy atom. The van der Waals surface area contributed by atoms with Gasteiger partial charge in [-0.25, -0.2) is 9.59 Å². The molecule has 0 aromatic heterocycles. The summed E-state index contributed by atoms with van der Waals surface area (Å²) >= 11 is 0. The molecule has 0 aromatic carbocycles. The molecule has 6 nitrogen and oxygen atoms in total. The van der Waals surface area contributed by atoms with Crippen LogP contribution in [0.5, 0.6) is 0 Å². The van der Waals surface area contributed by atoms with Crippen molar-refractivity contribution in [1.82, 2.24) is 5.32 Å². The third-order valence-corrected chi connectivity index (χ3v) is 1.78. The third-order valence-electron chi connectivity index (χ3n) is 1.78. The number of alkyl carbamates (subject to hydrolysis) is 1. The minimum absolute atomic E-state index is 0.00526. The van der Waals surface area contributed by atoms with Crippen LogP contribution in [-0.2, 0) is 14.3 Å². The van der Waals surface area contributed by atoms with E-state index in [4.69, 9.17) is 5.11 Å². The molecule has 0 rings (SSSR count). The van der Waals surface area contributed by atoms with Gasteiger partial charge >= 0.3 is 18.7 Å². The van der Waals surface area contributed by atoms with E-state index in [1.54, 1.807) is 0 Å². The van der Waals surface area contributed by atoms with Crippen molar-refractivity contribution in [3.05, 3.63) is 0 Å². The Labute approximate surface area is 90.5 Å². The minimum atomic E-state index is -3.11. The molecule has 2 N–H and O–H groups in total. The normalized spacial score (nSPS) is 14.3. The largest absolute Gasteiger partial charge is 0.480 e. The molecule has 8 heteroatoms. The predicted octanol–water partition coefficient (Wildman–Crippen LogP) is 0.813. The number of halogens is 2. The quantitative estimate of drug-likeness (QED) is 0.718. The smallest absolute Gasteiger partial charge is 0.407 e. The van der Waals surface area contributed by atoms with Crippen LogP contribution in [0.15, 0.2) is 0 Å². The number of carboxylic acid groups (broad SMARTS) is 1. The van der Waals surface area contributed by atoms with Gasteiger partial charge in [0, 0.05) is 0 Å². The first kappa shape index (κ1) is 14.6. The summed E-state index contributed by atoms with van der Waals surface area (Å²) in [5.41, 5.74) is 0. The van der Waals surface area contributed by atoms with Crippen LogP contribution in [0.3, 0.4) is 0 Å². The Morgan fingerprint density at radius 2 is 2.00 bits per heavy atom. The van der Waals surface area contributed by atoms with Crippen LogP contribution < -0.4 is 5.32 Å². The van der Waals surface area contributed by atoms with Gasteiger partial charge in [0.2, 0.25) is 0 Å². The third kappa shape index (κ3) is 4.87. The fourth-order valence-electron chi connectivity index (χ4n) is 1.04. The number of aliphatic carboxylic acids is 1. The van der Waals surface area contributed by atoms with Crippen molar-refractivity contribution in [2.75, 3.05) is 7.11 Å². The lowest BCUT2D eigenvalue weighted by atomic mass is 10.1. The molecule has 0 aliphatic rings. The van der Waals surface area contributed by atoms with E-state index in [9.17, 15) is 18.4 Å². The minimum Gasteiger partial charge on any atom is -0.480 e. The zero-order chi connectivity index (χ0) is 12.7. The summed E-state index contributed by atoms with van der Waals surface area (Å²) in [4.78, 5) is 21.5. The monoisotopic (exact) mass is 241 g/mol. The predicted molar refractivity (Wildman–Crippen MR) is 48.1 cm³/mol. The van der Waals surface area contributed by atoms with Crippen LogP contribution >= 0.6 is 0 Å². The molecule has 0 aliphatic heterocycles. The number of carbonyl (C=O) groups excluding carboxylic acids is 1. The highest BCUT2D eigenvalue weighted by Gasteiger charge is 2.31. The summed E-state index contributed by atoms with van der Waals surface area (Å²) in [5.74, 6) is -1.47. The fourth-order valence-corrected chi connectivity index (χ4v) is 1.04. The summed E-state index contributed by atoms with van der Waals surface area (Å²) in [6.45, 7) is -1.65. The molecule has 0 heterocycles. The second-order valence-electron chi connectivity index (χ2n) is 2.80. The lowest BCUT2D eigenvalue weighted by Crippen LogP contribution is -2.50. The van der Waals surface area contributed by atoms with Gasteiger partial charge in [-0.1, -0.05) is 6.92 Å². The molecule has 0 fully saturated rings. The van der Waals surface area contributed by atoms with E-state index in [1.807, 2.05) is 5.32 Å². The second kappa shape index (κ2) is 6.94. The van der Waals surface area contributed by atoms with Crippen molar-refractivity contribution in [2.45, 2.75) is 32.1 Å². The number of ether oxygens (including phenoxy) is 2. The average molecular weight is 241 g/mol. The first-order chi connectivity index (χ1) is 7.42. The Balaban J connectivity index is 4.59. The fraction of sp³-hybridized carbons (Fsp3) is 0.750. The van der Waals surface area contributed by atoms with Gasteiger partial charge in [-0.15, -0.1) is 0 Å². The molecular weight excluding hydrogens is 228 g/mol. The van der Waals surface area contributed by atoms with Gasteiger partial charge in [0.25, 0.3) is 0 Å². The second-order valence-corrected chi connectivity index (χ2v) is 2.80. The lowest BCUT2D eigenvalue weighted by molar-refractivity contribution is -0.178. The summed E-state index contributed by atoms with van der Waals surface area (Å²) in [6, 6.07) is -1.58. The molecule has 0 bridgehead atoms. The molecule has 0 saturated heterocycles. The van der Waals surface area contributed by atoms with Crippen LogP contribution in [0.2, 0.25) is 0 Å². The van der Waals surface area contributed by atoms with E-state index in [0.29, 0.717) is 0 Å². The highest BCUT2D eigenvalue weighted by molar-refractivity contribution is 5.80. The standard InChI is InChI=1S/C8H13F2NO5/c1-3-4(16-7(9)10)5(6(12)13)11-8(14)15-2/h4-5,7H,3H2,1-2H3,(H,11,14)(H,12,13). The Kier molecular flexibility index (Phi) is 6.31. The molecule has 0 saturated carbocycles. The number of hydrogen-bond donors (Lipinski definition) is 2. The number of nitrogens with one attached hydrogen (secondary N) is 1. The van der Waals surface area contributed by atoms with Crippen molar-refractivity contribution >= 4 is 12.1 Å². The van der Waals surface area contributed by atoms with Crippen molar-refractivity contribution in [1.29, 1.82) is 0 Å². The van der Waals surface area contributed by atoms with E-state index in [-0.39, 0.29) is 6.42 Å². The van der Waals surface area contributed by atoms with Crippen LogP contribution in [-0.4, -0.2) is 43.0 Å². The molecule has 1 amide bonds. The van der Waals surface area contributed by atoms with E-state index < -0.39 is 30.8 Å². The highest BCUT2D eigenvalue weighted by atomic mass is 19.3. The molecule has 94 valence electrons. The first-order valence-electron chi connectivity index (χ1n) is 4.43. The van der Waals surface area contributed by atoms with E-state index >= 15 is 0 Å². The summed E-state index contributed by atoms with van der Waals surface area (Å²) in [5, 5.41) is 10.6. The number of carboxylic acids is 1. The molecule has 2 atom stereocenters. The van der Waals surface area contributed by atoms with E-state index in [0.717, 1.165) is 7.11 Å². The van der Waals surface area contributed by atoms with Gasteiger partial charge in [0.15, 0.2) is 6.04 Å². The number of methoxy groups -OCH3 is 1. The van der Waals surface area contributed by atoms with Gasteiger partial charge in [0.05, 0.1) is 13.2 Å². The average Bonchev–Trinajstić information content (AvgIpc) is 2.21. The molecule has 0 aromatic rings. The zero-order valence-corrected chi connectivity index (χ0v) is 8.78. The molecule has 16 heavy (non-hydrogen) atoms. The number of carbonyl (C=O) groups is 2. The van der Waals surface area contributed by atoms with Crippen LogP contribution in [0.4, 0.5) is 13.6 Å². The topological polar surface area (TPSA) is 84.9 Å². The van der Waals surface area contributed by atoms with E-state index in [1.165, 1.54) is 6.92 Å². The summed E-state index contributed by atoms with van der Waals surface area (Å²) < 4.78 is 32.2. The van der Waals surface area contributed by atoms with E-state index in [2.05, 4.69) is 9.47 Å². The molecule has 0 radical (unpaired) electrons. The Morgan fingerprint density at radius 1 is 1.44 bits per heavy atom. The molecular formula is C8H13F2NO5. The maximum atomic E-state index is 12.0. The van der Waals surface area contributed by atoms with Gasteiger partial charge in [-0.05, 0) is 6.42 Å². The first-order valence-corrected chi connectivity index (χ1v) is 4.43. The number of rotatable bonds is 6. The van der Waals surface area contributed by atoms with Crippen molar-refractivity contribution < 1.29 is 33.0 Å². The van der Waals surface area contributed by atoms with Gasteiger partial charge < -0.3 is 19.9 Å². The summed E-state index contributed by atoms with van der Waals surface area (Å²) in [7, 11) is 1.03. The summed E-state index contributed by atoms with van der Waals surface area (Å²) in [6.07, 6.45) is -2.34. The van der Waals surface area contributed by atoms with Gasteiger partial charge in [0.1, 0.15) is 0 Å². The van der Waals surface area contributed by atoms with Gasteiger partial charge in [-0.2, -0.15) is 8.78 Å². The number of hydrogen-bond acceptors (Lipinski definition) is 4. The molecule has 0 spiro atoms.